The molecule has 0 aromatic rings. The van der Waals surface area contributed by atoms with Crippen LogP contribution < -0.4 is 5.32 Å². The predicted molar refractivity (Wildman–Crippen MR) is 80.9 cm³/mol. The van der Waals surface area contributed by atoms with E-state index in [4.69, 9.17) is 0 Å². The van der Waals surface area contributed by atoms with Crippen molar-refractivity contribution in [2.45, 2.75) is 65.2 Å². The number of carboxylic acids is 1. The molecule has 1 rings (SSSR count). The number of nitrogens with one attached hydrogen (secondary N) is 1. The average molecular weight is 299 g/mol. The number of hydrogen-bond donors (Lipinski definition) is 3. The molecular formula is C16H29NO4. The van der Waals surface area contributed by atoms with Gasteiger partial charge in [-0.3, -0.25) is 9.59 Å². The summed E-state index contributed by atoms with van der Waals surface area (Å²) >= 11 is 0. The van der Waals surface area contributed by atoms with Gasteiger partial charge in [0.15, 0.2) is 0 Å². The number of hydrogen-bond acceptors (Lipinski definition) is 3. The second-order valence-corrected chi connectivity index (χ2v) is 6.46. The van der Waals surface area contributed by atoms with E-state index >= 15 is 0 Å². The van der Waals surface area contributed by atoms with E-state index in [1.165, 1.54) is 0 Å². The lowest BCUT2D eigenvalue weighted by Gasteiger charge is -2.34. The van der Waals surface area contributed by atoms with Crippen LogP contribution in [0.15, 0.2) is 0 Å². The molecule has 0 aromatic heterocycles. The molecule has 122 valence electrons. The normalized spacial score (nSPS) is 18.2. The summed E-state index contributed by atoms with van der Waals surface area (Å²) < 4.78 is 0. The van der Waals surface area contributed by atoms with Gasteiger partial charge < -0.3 is 15.5 Å². The number of aliphatic hydroxyl groups is 1. The predicted octanol–water partition coefficient (Wildman–Crippen LogP) is 2.33. The third-order valence-electron chi connectivity index (χ3n) is 5.26. The lowest BCUT2D eigenvalue weighted by atomic mass is 9.71. The molecule has 1 amide bonds. The van der Waals surface area contributed by atoms with Crippen LogP contribution >= 0.6 is 0 Å². The Morgan fingerprint density at radius 1 is 1.14 bits per heavy atom. The molecule has 5 heteroatoms. The highest BCUT2D eigenvalue weighted by atomic mass is 16.4. The van der Waals surface area contributed by atoms with Gasteiger partial charge in [0.25, 0.3) is 0 Å². The third-order valence-corrected chi connectivity index (χ3v) is 5.26. The molecule has 1 aliphatic carbocycles. The van der Waals surface area contributed by atoms with E-state index in [9.17, 15) is 19.8 Å². The Bertz CT molecular complexity index is 349. The molecule has 1 saturated carbocycles. The van der Waals surface area contributed by atoms with Crippen molar-refractivity contribution in [1.82, 2.24) is 5.32 Å². The Hall–Kier alpha value is -1.10. The van der Waals surface area contributed by atoms with Crippen molar-refractivity contribution in [1.29, 1.82) is 0 Å². The van der Waals surface area contributed by atoms with Crippen molar-refractivity contribution in [3.8, 4) is 0 Å². The van der Waals surface area contributed by atoms with Crippen LogP contribution in [0.3, 0.4) is 0 Å². The summed E-state index contributed by atoms with van der Waals surface area (Å²) in [4.78, 5) is 23.7. The highest BCUT2D eigenvalue weighted by molar-refractivity contribution is 5.85. The van der Waals surface area contributed by atoms with E-state index in [1.807, 2.05) is 13.8 Å². The van der Waals surface area contributed by atoms with Gasteiger partial charge >= 0.3 is 5.97 Å². The fourth-order valence-electron chi connectivity index (χ4n) is 3.13. The summed E-state index contributed by atoms with van der Waals surface area (Å²) in [6, 6.07) is 0. The van der Waals surface area contributed by atoms with Crippen molar-refractivity contribution in [2.24, 2.45) is 10.8 Å². The molecular weight excluding hydrogens is 270 g/mol. The molecule has 0 aromatic carbocycles. The number of carbonyl (C=O) groups excluding carboxylic acids is 1. The molecule has 0 aliphatic heterocycles. The Labute approximate surface area is 127 Å². The Morgan fingerprint density at radius 2 is 1.71 bits per heavy atom. The van der Waals surface area contributed by atoms with Crippen molar-refractivity contribution in [2.75, 3.05) is 13.2 Å². The Kier molecular flexibility index (Phi) is 6.65. The van der Waals surface area contributed by atoms with Crippen LogP contribution in [0, 0.1) is 10.8 Å². The van der Waals surface area contributed by atoms with Crippen LogP contribution in [-0.4, -0.2) is 35.2 Å². The van der Waals surface area contributed by atoms with Gasteiger partial charge in [-0.1, -0.05) is 33.1 Å². The van der Waals surface area contributed by atoms with Gasteiger partial charge in [0.05, 0.1) is 12.0 Å². The molecule has 0 radical (unpaired) electrons. The zero-order valence-corrected chi connectivity index (χ0v) is 13.3. The van der Waals surface area contributed by atoms with E-state index in [2.05, 4.69) is 5.32 Å². The maximum absolute atomic E-state index is 12.2. The summed E-state index contributed by atoms with van der Waals surface area (Å²) in [5, 5.41) is 21.8. The fraction of sp³-hybridized carbons (Fsp3) is 0.875. The molecule has 0 atom stereocenters. The van der Waals surface area contributed by atoms with Crippen LogP contribution in [0.25, 0.3) is 0 Å². The van der Waals surface area contributed by atoms with Crippen molar-refractivity contribution >= 4 is 11.9 Å². The second-order valence-electron chi connectivity index (χ2n) is 6.46. The number of amides is 1. The number of aliphatic carboxylic acids is 1. The first-order valence-electron chi connectivity index (χ1n) is 8.04. The zero-order valence-electron chi connectivity index (χ0n) is 13.3. The fourth-order valence-corrected chi connectivity index (χ4v) is 3.13. The highest BCUT2D eigenvalue weighted by Gasteiger charge is 2.41. The quantitative estimate of drug-likeness (QED) is 0.642. The van der Waals surface area contributed by atoms with Crippen LogP contribution in [-0.2, 0) is 9.59 Å². The van der Waals surface area contributed by atoms with E-state index in [-0.39, 0.29) is 24.3 Å². The van der Waals surface area contributed by atoms with Gasteiger partial charge in [-0.2, -0.15) is 0 Å². The van der Waals surface area contributed by atoms with Crippen LogP contribution in [0.2, 0.25) is 0 Å². The van der Waals surface area contributed by atoms with Gasteiger partial charge in [-0.25, -0.2) is 0 Å². The minimum absolute atomic E-state index is 0.0321. The molecule has 5 nitrogen and oxygen atoms in total. The highest BCUT2D eigenvalue weighted by Crippen LogP contribution is 2.39. The van der Waals surface area contributed by atoms with Gasteiger partial charge in [0.2, 0.25) is 5.91 Å². The van der Waals surface area contributed by atoms with Gasteiger partial charge in [0, 0.05) is 18.4 Å². The largest absolute Gasteiger partial charge is 0.481 e. The second kappa shape index (κ2) is 7.78. The molecule has 0 bridgehead atoms. The first kappa shape index (κ1) is 18.0. The smallest absolute Gasteiger partial charge is 0.310 e. The first-order valence-corrected chi connectivity index (χ1v) is 8.04. The summed E-state index contributed by atoms with van der Waals surface area (Å²) in [6.45, 7) is 4.42. The topological polar surface area (TPSA) is 86.6 Å². The average Bonchev–Trinajstić information content (AvgIpc) is 2.50. The zero-order chi connectivity index (χ0) is 15.9. The lowest BCUT2D eigenvalue weighted by molar-refractivity contribution is -0.154. The molecule has 1 fully saturated rings. The molecule has 0 saturated heterocycles. The monoisotopic (exact) mass is 299 g/mol. The van der Waals surface area contributed by atoms with E-state index < -0.39 is 11.4 Å². The number of carbonyl (C=O) groups is 2. The minimum Gasteiger partial charge on any atom is -0.481 e. The van der Waals surface area contributed by atoms with Gasteiger partial charge in [-0.15, -0.1) is 0 Å². The lowest BCUT2D eigenvalue weighted by Crippen LogP contribution is -2.43. The standard InChI is InChI=1S/C16H29NO4/c1-3-15(4-2,12-18)11-17-13(19)10-16(14(20)21)8-6-5-7-9-16/h18H,3-12H2,1-2H3,(H,17,19)(H,20,21). The summed E-state index contributed by atoms with van der Waals surface area (Å²) in [6.07, 6.45) is 5.60. The van der Waals surface area contributed by atoms with Crippen molar-refractivity contribution in [3.05, 3.63) is 0 Å². The molecule has 1 aliphatic rings. The van der Waals surface area contributed by atoms with Crippen LogP contribution in [0.1, 0.15) is 65.2 Å². The van der Waals surface area contributed by atoms with Crippen molar-refractivity contribution < 1.29 is 19.8 Å². The van der Waals surface area contributed by atoms with Crippen LogP contribution in [0.5, 0.6) is 0 Å². The molecule has 0 unspecified atom stereocenters. The van der Waals surface area contributed by atoms with E-state index in [0.717, 1.165) is 32.1 Å². The van der Waals surface area contributed by atoms with Crippen LogP contribution in [0.4, 0.5) is 0 Å². The SMILES string of the molecule is CCC(CC)(CO)CNC(=O)CC1(C(=O)O)CCCCC1. The molecule has 0 spiro atoms. The van der Waals surface area contributed by atoms with Gasteiger partial charge in [-0.05, 0) is 25.7 Å². The third kappa shape index (κ3) is 4.43. The molecule has 21 heavy (non-hydrogen) atoms. The maximum atomic E-state index is 12.2. The summed E-state index contributed by atoms with van der Waals surface area (Å²) in [7, 11) is 0. The Morgan fingerprint density at radius 3 is 2.14 bits per heavy atom. The summed E-state index contributed by atoms with van der Waals surface area (Å²) in [5.41, 5.74) is -1.18. The van der Waals surface area contributed by atoms with Crippen molar-refractivity contribution in [3.63, 3.8) is 0 Å². The number of aliphatic hydroxyl groups excluding tert-OH is 1. The number of carboxylic acid groups (broad SMARTS) is 1. The van der Waals surface area contributed by atoms with E-state index in [0.29, 0.717) is 19.4 Å². The van der Waals surface area contributed by atoms with E-state index in [1.54, 1.807) is 0 Å². The summed E-state index contributed by atoms with van der Waals surface area (Å²) in [5.74, 6) is -1.06. The molecule has 3 N–H and O–H groups in total. The van der Waals surface area contributed by atoms with Gasteiger partial charge in [0.1, 0.15) is 0 Å². The molecule has 0 heterocycles. The Balaban J connectivity index is 2.61. The minimum atomic E-state index is -0.886. The number of rotatable bonds is 8. The maximum Gasteiger partial charge on any atom is 0.310 e. The first-order chi connectivity index (χ1) is 9.93.